The molecule has 5 atom stereocenters. The van der Waals surface area contributed by atoms with Crippen molar-refractivity contribution in [1.29, 1.82) is 0 Å². The summed E-state index contributed by atoms with van der Waals surface area (Å²) in [6, 6.07) is 4.56. The number of sulfonamides is 1. The number of benzene rings is 2. The van der Waals surface area contributed by atoms with Crippen LogP contribution in [0.15, 0.2) is 35.2 Å². The lowest BCUT2D eigenvalue weighted by Gasteiger charge is -2.45. The normalized spacial score (nSPS) is 25.9. The van der Waals surface area contributed by atoms with Gasteiger partial charge in [0.25, 0.3) is 5.91 Å². The van der Waals surface area contributed by atoms with E-state index in [1.807, 2.05) is 0 Å². The maximum absolute atomic E-state index is 13.6. The van der Waals surface area contributed by atoms with Crippen LogP contribution in [0.3, 0.4) is 0 Å². The fourth-order valence-electron chi connectivity index (χ4n) is 5.61. The predicted octanol–water partition coefficient (Wildman–Crippen LogP) is 2.61. The molecule has 2 saturated carbocycles. The number of fused-ring (bicyclic) bond motifs is 2. The average molecular weight is 611 g/mol. The summed E-state index contributed by atoms with van der Waals surface area (Å²) in [7, 11) is -7.79. The van der Waals surface area contributed by atoms with Crippen LogP contribution >= 0.6 is 11.6 Å². The number of rotatable bonds is 8. The summed E-state index contributed by atoms with van der Waals surface area (Å²) in [4.78, 5) is 12.3. The van der Waals surface area contributed by atoms with Gasteiger partial charge in [0, 0.05) is 29.9 Å². The van der Waals surface area contributed by atoms with Gasteiger partial charge in [0.1, 0.15) is 0 Å². The van der Waals surface area contributed by atoms with Crippen LogP contribution < -0.4 is 10.0 Å². The summed E-state index contributed by atoms with van der Waals surface area (Å²) in [5.74, 6) is -6.95. The van der Waals surface area contributed by atoms with Gasteiger partial charge in [0.15, 0.2) is 27.3 Å². The molecule has 4 N–H and O–H groups in total. The number of sulfone groups is 1. The number of hydrogen-bond acceptors (Lipinski definition) is 7. The van der Waals surface area contributed by atoms with Gasteiger partial charge < -0.3 is 15.5 Å². The van der Waals surface area contributed by atoms with Crippen LogP contribution in [-0.4, -0.2) is 62.7 Å². The van der Waals surface area contributed by atoms with Crippen LogP contribution in [0.2, 0.25) is 5.02 Å². The third-order valence-electron chi connectivity index (χ3n) is 7.52. The molecule has 2 bridgehead atoms. The van der Waals surface area contributed by atoms with Gasteiger partial charge in [-0.1, -0.05) is 11.6 Å². The van der Waals surface area contributed by atoms with Gasteiger partial charge >= 0.3 is 0 Å². The minimum atomic E-state index is -4.16. The standard InChI is InChI=1S/C24H26ClF3N2O7S2/c1-38(34,35)29-11-21(31)24(33)13-3-4-14(24)8-16(7-13)39(36,37)20-6-12(2-5-17(20)25)23(32)30-15-9-18(26)22(28)19(27)10-15/h2,5-6,9-10,13-14,16,21,29,31,33H,3-4,7-8,11H2,1H3,(H,30,32)/t13-,14?,16-,21?,24-/m0/s1. The highest BCUT2D eigenvalue weighted by atomic mass is 35.5. The van der Waals surface area contributed by atoms with Gasteiger partial charge in [-0.3, -0.25) is 4.79 Å². The number of aliphatic hydroxyl groups excluding tert-OH is 1. The first-order valence-corrected chi connectivity index (χ1v) is 15.7. The molecule has 0 saturated heterocycles. The molecule has 0 heterocycles. The number of carbonyl (C=O) groups excluding carboxylic acids is 1. The molecule has 2 aliphatic rings. The van der Waals surface area contributed by atoms with Gasteiger partial charge in [-0.05, 0) is 55.7 Å². The second-order valence-electron chi connectivity index (χ2n) is 9.99. The Balaban J connectivity index is 1.55. The van der Waals surface area contributed by atoms with Crippen LogP contribution in [0.1, 0.15) is 36.0 Å². The summed E-state index contributed by atoms with van der Waals surface area (Å²) in [5, 5.41) is 23.0. The Hall–Kier alpha value is -2.23. The van der Waals surface area contributed by atoms with Crippen molar-refractivity contribution in [2.45, 2.75) is 47.5 Å². The van der Waals surface area contributed by atoms with E-state index in [9.17, 15) is 45.0 Å². The summed E-state index contributed by atoms with van der Waals surface area (Å²) in [6.07, 6.45) is 0.230. The molecular weight excluding hydrogens is 585 g/mol. The van der Waals surface area contributed by atoms with E-state index in [0.29, 0.717) is 25.0 Å². The van der Waals surface area contributed by atoms with Gasteiger partial charge in [-0.25, -0.2) is 34.7 Å². The highest BCUT2D eigenvalue weighted by Crippen LogP contribution is 2.53. The van der Waals surface area contributed by atoms with E-state index in [1.165, 1.54) is 12.1 Å². The Morgan fingerprint density at radius 2 is 1.64 bits per heavy atom. The predicted molar refractivity (Wildman–Crippen MR) is 136 cm³/mol. The Labute approximate surface area is 228 Å². The smallest absolute Gasteiger partial charge is 0.255 e. The van der Waals surface area contributed by atoms with Gasteiger partial charge in [-0.15, -0.1) is 0 Å². The first-order chi connectivity index (χ1) is 18.0. The lowest BCUT2D eigenvalue weighted by atomic mass is 9.71. The molecule has 9 nitrogen and oxygen atoms in total. The van der Waals surface area contributed by atoms with Gasteiger partial charge in [-0.2, -0.15) is 0 Å². The third-order valence-corrected chi connectivity index (χ3v) is 10.9. The van der Waals surface area contributed by atoms with E-state index in [0.717, 1.165) is 12.3 Å². The van der Waals surface area contributed by atoms with Crippen molar-refractivity contribution in [2.24, 2.45) is 11.8 Å². The maximum atomic E-state index is 13.6. The van der Waals surface area contributed by atoms with Crippen molar-refractivity contribution < 1.29 is 45.0 Å². The number of nitrogens with one attached hydrogen (secondary N) is 2. The van der Waals surface area contributed by atoms with Crippen molar-refractivity contribution in [3.63, 3.8) is 0 Å². The highest BCUT2D eigenvalue weighted by Gasteiger charge is 2.59. The molecule has 2 aliphatic carbocycles. The number of carbonyl (C=O) groups is 1. The van der Waals surface area contributed by atoms with E-state index >= 15 is 0 Å². The fraction of sp³-hybridized carbons (Fsp3) is 0.458. The quantitative estimate of drug-likeness (QED) is 0.336. The number of amides is 1. The lowest BCUT2D eigenvalue weighted by Crippen LogP contribution is -2.58. The first kappa shape index (κ1) is 29.7. The zero-order valence-electron chi connectivity index (χ0n) is 20.5. The minimum Gasteiger partial charge on any atom is -0.389 e. The second kappa shape index (κ2) is 10.6. The number of anilines is 1. The molecule has 2 fully saturated rings. The highest BCUT2D eigenvalue weighted by molar-refractivity contribution is 7.92. The molecule has 1 amide bonds. The Morgan fingerprint density at radius 3 is 2.18 bits per heavy atom. The molecule has 0 aromatic heterocycles. The third kappa shape index (κ3) is 5.81. The van der Waals surface area contributed by atoms with Crippen LogP contribution in [0.4, 0.5) is 18.9 Å². The van der Waals surface area contributed by atoms with Crippen molar-refractivity contribution in [1.82, 2.24) is 4.72 Å². The number of aliphatic hydroxyl groups is 2. The van der Waals surface area contributed by atoms with E-state index in [4.69, 9.17) is 11.6 Å². The molecule has 4 rings (SSSR count). The molecular formula is C24H26ClF3N2O7S2. The summed E-state index contributed by atoms with van der Waals surface area (Å²) in [5.41, 5.74) is -2.27. The number of hydrogen-bond donors (Lipinski definition) is 4. The van der Waals surface area contributed by atoms with E-state index in [-0.39, 0.29) is 34.0 Å². The molecule has 2 unspecified atom stereocenters. The van der Waals surface area contributed by atoms with Crippen molar-refractivity contribution >= 4 is 43.1 Å². The molecule has 2 aromatic rings. The Kier molecular flexibility index (Phi) is 8.11. The molecule has 0 radical (unpaired) electrons. The topological polar surface area (TPSA) is 150 Å². The van der Waals surface area contributed by atoms with Gasteiger partial charge in [0.05, 0.1) is 33.1 Å². The molecule has 39 heavy (non-hydrogen) atoms. The van der Waals surface area contributed by atoms with Crippen LogP contribution in [0, 0.1) is 29.3 Å². The zero-order chi connectivity index (χ0) is 28.9. The van der Waals surface area contributed by atoms with E-state index < -0.39 is 78.6 Å². The molecule has 15 heteroatoms. The van der Waals surface area contributed by atoms with Crippen LogP contribution in [0.5, 0.6) is 0 Å². The van der Waals surface area contributed by atoms with E-state index in [1.54, 1.807) is 0 Å². The maximum Gasteiger partial charge on any atom is 0.255 e. The minimum absolute atomic E-state index is 0.0356. The SMILES string of the molecule is CS(=O)(=O)NCC(O)[C@@]1(O)C2CC[C@H]1C[C@H](S(=O)(=O)c1cc(C(=O)Nc3cc(F)c(F)c(F)c3)ccc1Cl)C2. The monoisotopic (exact) mass is 610 g/mol. The molecule has 0 spiro atoms. The van der Waals surface area contributed by atoms with Crippen LogP contribution in [-0.2, 0) is 19.9 Å². The van der Waals surface area contributed by atoms with Gasteiger partial charge in [0.2, 0.25) is 10.0 Å². The summed E-state index contributed by atoms with van der Waals surface area (Å²) < 4.78 is 92.5. The zero-order valence-corrected chi connectivity index (χ0v) is 22.9. The van der Waals surface area contributed by atoms with Crippen molar-refractivity contribution in [3.05, 3.63) is 58.4 Å². The average Bonchev–Trinajstić information content (AvgIpc) is 3.01. The fourth-order valence-corrected chi connectivity index (χ4v) is 8.47. The Morgan fingerprint density at radius 1 is 1.08 bits per heavy atom. The molecule has 2 aromatic carbocycles. The molecule has 214 valence electrons. The van der Waals surface area contributed by atoms with E-state index in [2.05, 4.69) is 10.0 Å². The van der Waals surface area contributed by atoms with Crippen molar-refractivity contribution in [2.75, 3.05) is 18.1 Å². The van der Waals surface area contributed by atoms with Crippen molar-refractivity contribution in [3.8, 4) is 0 Å². The van der Waals surface area contributed by atoms with Crippen LogP contribution in [0.25, 0.3) is 0 Å². The second-order valence-corrected chi connectivity index (χ2v) is 14.4. The largest absolute Gasteiger partial charge is 0.389 e. The summed E-state index contributed by atoms with van der Waals surface area (Å²) in [6.45, 7) is -0.426. The number of halogens is 4. The summed E-state index contributed by atoms with van der Waals surface area (Å²) >= 11 is 6.20. The Bertz CT molecular complexity index is 1480. The lowest BCUT2D eigenvalue weighted by molar-refractivity contribution is -0.138. The molecule has 0 aliphatic heterocycles. The first-order valence-electron chi connectivity index (χ1n) is 11.9.